The van der Waals surface area contributed by atoms with Crippen LogP contribution in [0.5, 0.6) is 11.5 Å². The fourth-order valence-electron chi connectivity index (χ4n) is 3.17. The predicted octanol–water partition coefficient (Wildman–Crippen LogP) is 2.51. The van der Waals surface area contributed by atoms with Gasteiger partial charge in [0.1, 0.15) is 0 Å². The van der Waals surface area contributed by atoms with Crippen molar-refractivity contribution in [1.82, 2.24) is 5.32 Å². The van der Waals surface area contributed by atoms with Crippen LogP contribution in [-0.4, -0.2) is 32.6 Å². The Bertz CT molecular complexity index is 951. The molecule has 1 fully saturated rings. The molecule has 0 bridgehead atoms. The number of methoxy groups -OCH3 is 2. The number of nitrogens with one attached hydrogen (secondary N) is 2. The molecule has 0 saturated heterocycles. The van der Waals surface area contributed by atoms with Crippen molar-refractivity contribution in [3.05, 3.63) is 53.6 Å². The van der Waals surface area contributed by atoms with Gasteiger partial charge in [-0.2, -0.15) is 5.26 Å². The van der Waals surface area contributed by atoms with Gasteiger partial charge in [-0.1, -0.05) is 12.1 Å². The fraction of sp³-hybridized carbons (Fsp3) is 0.318. The highest BCUT2D eigenvalue weighted by atomic mass is 16.5. The standard InChI is InChI=1S/C22H23N3O4/c1-28-19-7-6-14(11-20(19)29-2)8-9-24-21(26)17-12-18(17)22(27)25-16-5-3-4-15(10-16)13-23/h3-7,10-11,17-18H,8-9,12H2,1-2H3,(H,24,26)(H,25,27). The first-order valence-electron chi connectivity index (χ1n) is 9.35. The Hall–Kier alpha value is -3.53. The van der Waals surface area contributed by atoms with Gasteiger partial charge in [0.25, 0.3) is 0 Å². The summed E-state index contributed by atoms with van der Waals surface area (Å²) in [5.41, 5.74) is 2.06. The summed E-state index contributed by atoms with van der Waals surface area (Å²) >= 11 is 0. The molecule has 3 rings (SSSR count). The van der Waals surface area contributed by atoms with Gasteiger partial charge < -0.3 is 20.1 Å². The number of hydrogen-bond donors (Lipinski definition) is 2. The van der Waals surface area contributed by atoms with Crippen molar-refractivity contribution in [1.29, 1.82) is 5.26 Å². The number of nitrogens with zero attached hydrogens (tertiary/aromatic N) is 1. The summed E-state index contributed by atoms with van der Waals surface area (Å²) in [6.07, 6.45) is 1.18. The van der Waals surface area contributed by atoms with Gasteiger partial charge in [0.05, 0.1) is 37.7 Å². The van der Waals surface area contributed by atoms with Crippen LogP contribution < -0.4 is 20.1 Å². The highest BCUT2D eigenvalue weighted by molar-refractivity contribution is 5.99. The monoisotopic (exact) mass is 393 g/mol. The summed E-state index contributed by atoms with van der Waals surface area (Å²) in [6.45, 7) is 0.476. The number of carbonyl (C=O) groups excluding carboxylic acids is 2. The van der Waals surface area contributed by atoms with E-state index in [0.717, 1.165) is 5.56 Å². The summed E-state index contributed by atoms with van der Waals surface area (Å²) in [5.74, 6) is 0.362. The van der Waals surface area contributed by atoms with Crippen LogP contribution in [0.25, 0.3) is 0 Å². The molecule has 0 spiro atoms. The highest BCUT2D eigenvalue weighted by Crippen LogP contribution is 2.39. The molecule has 0 aliphatic heterocycles. The second-order valence-electron chi connectivity index (χ2n) is 6.86. The minimum absolute atomic E-state index is 0.114. The number of hydrogen-bond acceptors (Lipinski definition) is 5. The van der Waals surface area contributed by atoms with E-state index in [9.17, 15) is 9.59 Å². The third-order valence-electron chi connectivity index (χ3n) is 4.88. The van der Waals surface area contributed by atoms with E-state index in [1.54, 1.807) is 38.5 Å². The van der Waals surface area contributed by atoms with E-state index in [1.807, 2.05) is 24.3 Å². The Morgan fingerprint density at radius 2 is 1.83 bits per heavy atom. The molecule has 2 unspecified atom stereocenters. The molecule has 1 saturated carbocycles. The summed E-state index contributed by atoms with van der Waals surface area (Å²) in [7, 11) is 3.17. The van der Waals surface area contributed by atoms with Crippen LogP contribution in [0.15, 0.2) is 42.5 Å². The molecule has 2 aromatic carbocycles. The van der Waals surface area contributed by atoms with Crippen molar-refractivity contribution in [2.75, 3.05) is 26.1 Å². The molecule has 2 aromatic rings. The maximum absolute atomic E-state index is 12.3. The Labute approximate surface area is 169 Å². The Morgan fingerprint density at radius 1 is 1.07 bits per heavy atom. The van der Waals surface area contributed by atoms with Crippen molar-refractivity contribution >= 4 is 17.5 Å². The third kappa shape index (κ3) is 5.05. The van der Waals surface area contributed by atoms with E-state index in [2.05, 4.69) is 10.6 Å². The first-order valence-corrected chi connectivity index (χ1v) is 9.35. The van der Waals surface area contributed by atoms with Gasteiger partial charge in [-0.15, -0.1) is 0 Å². The molecular formula is C22H23N3O4. The number of amides is 2. The molecule has 150 valence electrons. The van der Waals surface area contributed by atoms with E-state index >= 15 is 0 Å². The van der Waals surface area contributed by atoms with Gasteiger partial charge in [0.2, 0.25) is 11.8 Å². The van der Waals surface area contributed by atoms with Crippen LogP contribution in [0.3, 0.4) is 0 Å². The lowest BCUT2D eigenvalue weighted by atomic mass is 10.1. The van der Waals surface area contributed by atoms with E-state index in [-0.39, 0.29) is 23.7 Å². The molecule has 2 atom stereocenters. The predicted molar refractivity (Wildman–Crippen MR) is 108 cm³/mol. The van der Waals surface area contributed by atoms with Crippen LogP contribution in [0.2, 0.25) is 0 Å². The van der Waals surface area contributed by atoms with Crippen LogP contribution in [-0.2, 0) is 16.0 Å². The Balaban J connectivity index is 1.45. The Kier molecular flexibility index (Phi) is 6.35. The van der Waals surface area contributed by atoms with Crippen molar-refractivity contribution in [2.24, 2.45) is 11.8 Å². The highest BCUT2D eigenvalue weighted by Gasteiger charge is 2.47. The van der Waals surface area contributed by atoms with E-state index < -0.39 is 0 Å². The molecule has 2 N–H and O–H groups in total. The van der Waals surface area contributed by atoms with Crippen molar-refractivity contribution in [3.63, 3.8) is 0 Å². The molecule has 0 aromatic heterocycles. The van der Waals surface area contributed by atoms with Gasteiger partial charge in [-0.05, 0) is 48.7 Å². The molecule has 1 aliphatic carbocycles. The van der Waals surface area contributed by atoms with E-state index in [1.165, 1.54) is 0 Å². The number of ether oxygens (including phenoxy) is 2. The van der Waals surface area contributed by atoms with Gasteiger partial charge in [-0.3, -0.25) is 9.59 Å². The largest absolute Gasteiger partial charge is 0.493 e. The summed E-state index contributed by atoms with van der Waals surface area (Å²) in [4.78, 5) is 24.6. The van der Waals surface area contributed by atoms with Gasteiger partial charge in [0.15, 0.2) is 11.5 Å². The second kappa shape index (κ2) is 9.11. The maximum Gasteiger partial charge on any atom is 0.228 e. The average molecular weight is 393 g/mol. The first-order chi connectivity index (χ1) is 14.0. The topological polar surface area (TPSA) is 100 Å². The second-order valence-corrected chi connectivity index (χ2v) is 6.86. The molecule has 0 heterocycles. The van der Waals surface area contributed by atoms with Crippen LogP contribution in [0, 0.1) is 23.2 Å². The van der Waals surface area contributed by atoms with Crippen LogP contribution in [0.4, 0.5) is 5.69 Å². The number of nitriles is 1. The molecule has 7 heteroatoms. The third-order valence-corrected chi connectivity index (χ3v) is 4.88. The normalized spacial score (nSPS) is 17.0. The van der Waals surface area contributed by atoms with Crippen LogP contribution in [0.1, 0.15) is 17.5 Å². The SMILES string of the molecule is COc1ccc(CCNC(=O)C2CC2C(=O)Nc2cccc(C#N)c2)cc1OC. The molecule has 2 amide bonds. The molecule has 1 aliphatic rings. The van der Waals surface area contributed by atoms with Crippen molar-refractivity contribution in [3.8, 4) is 17.6 Å². The van der Waals surface area contributed by atoms with E-state index in [0.29, 0.717) is 42.1 Å². The number of carbonyl (C=O) groups is 2. The smallest absolute Gasteiger partial charge is 0.228 e. The zero-order valence-electron chi connectivity index (χ0n) is 16.4. The van der Waals surface area contributed by atoms with Crippen LogP contribution >= 0.6 is 0 Å². The van der Waals surface area contributed by atoms with Crippen molar-refractivity contribution < 1.29 is 19.1 Å². The average Bonchev–Trinajstić information content (AvgIpc) is 3.55. The first kappa shape index (κ1) is 20.2. The number of benzene rings is 2. The minimum atomic E-state index is -0.332. The molecular weight excluding hydrogens is 370 g/mol. The van der Waals surface area contributed by atoms with Gasteiger partial charge in [0, 0.05) is 12.2 Å². The minimum Gasteiger partial charge on any atom is -0.493 e. The summed E-state index contributed by atoms with van der Waals surface area (Å²) in [6, 6.07) is 14.4. The fourth-order valence-corrected chi connectivity index (χ4v) is 3.17. The summed E-state index contributed by atoms with van der Waals surface area (Å²) in [5, 5.41) is 14.6. The zero-order valence-corrected chi connectivity index (χ0v) is 16.4. The lowest BCUT2D eigenvalue weighted by Crippen LogP contribution is -2.29. The lowest BCUT2D eigenvalue weighted by Gasteiger charge is -2.10. The zero-order chi connectivity index (χ0) is 20.8. The summed E-state index contributed by atoms with van der Waals surface area (Å²) < 4.78 is 10.5. The number of anilines is 1. The van der Waals surface area contributed by atoms with E-state index in [4.69, 9.17) is 14.7 Å². The lowest BCUT2D eigenvalue weighted by molar-refractivity contribution is -0.125. The quantitative estimate of drug-likeness (QED) is 0.718. The molecule has 7 nitrogen and oxygen atoms in total. The van der Waals surface area contributed by atoms with Gasteiger partial charge >= 0.3 is 0 Å². The van der Waals surface area contributed by atoms with Gasteiger partial charge in [-0.25, -0.2) is 0 Å². The maximum atomic E-state index is 12.3. The Morgan fingerprint density at radius 3 is 2.55 bits per heavy atom. The molecule has 29 heavy (non-hydrogen) atoms. The van der Waals surface area contributed by atoms with Crippen molar-refractivity contribution in [2.45, 2.75) is 12.8 Å². The number of rotatable bonds is 8. The molecule has 0 radical (unpaired) electrons.